The fourth-order valence-electron chi connectivity index (χ4n) is 4.38. The summed E-state index contributed by atoms with van der Waals surface area (Å²) in [6.45, 7) is 2.07. The molecular formula is C19H20N4O. The Labute approximate surface area is 140 Å². The van der Waals surface area contributed by atoms with Gasteiger partial charge in [0, 0.05) is 35.7 Å². The molecule has 2 N–H and O–H groups in total. The Bertz CT molecular complexity index is 843. The van der Waals surface area contributed by atoms with Crippen LogP contribution in [0.2, 0.25) is 0 Å². The molecule has 122 valence electrons. The second kappa shape index (κ2) is 5.03. The van der Waals surface area contributed by atoms with E-state index in [1.165, 1.54) is 36.9 Å². The molecular weight excluding hydrogens is 300 g/mol. The van der Waals surface area contributed by atoms with Gasteiger partial charge < -0.3 is 10.6 Å². The van der Waals surface area contributed by atoms with Crippen molar-refractivity contribution in [1.29, 1.82) is 0 Å². The molecule has 0 spiro atoms. The number of hydrogen-bond donors (Lipinski definition) is 1. The van der Waals surface area contributed by atoms with E-state index in [4.69, 9.17) is 15.7 Å². The number of rotatable bonds is 3. The molecule has 2 heterocycles. The minimum Gasteiger partial charge on any atom is -0.366 e. The zero-order chi connectivity index (χ0) is 16.3. The van der Waals surface area contributed by atoms with E-state index in [0.29, 0.717) is 17.4 Å². The van der Waals surface area contributed by atoms with Gasteiger partial charge in [0.25, 0.3) is 0 Å². The van der Waals surface area contributed by atoms with Crippen LogP contribution in [-0.2, 0) is 0 Å². The molecule has 1 aliphatic heterocycles. The summed E-state index contributed by atoms with van der Waals surface area (Å²) in [4.78, 5) is 23.6. The maximum Gasteiger partial charge on any atom is 0.248 e. The van der Waals surface area contributed by atoms with Crippen LogP contribution < -0.4 is 10.6 Å². The van der Waals surface area contributed by atoms with Gasteiger partial charge in [-0.15, -0.1) is 0 Å². The van der Waals surface area contributed by atoms with Crippen molar-refractivity contribution in [2.24, 2.45) is 5.73 Å². The molecule has 5 heteroatoms. The molecule has 5 rings (SSSR count). The highest BCUT2D eigenvalue weighted by atomic mass is 16.1. The lowest BCUT2D eigenvalue weighted by Crippen LogP contribution is -2.38. The smallest absolute Gasteiger partial charge is 0.248 e. The quantitative estimate of drug-likeness (QED) is 0.944. The molecule has 0 radical (unpaired) electrons. The van der Waals surface area contributed by atoms with Crippen molar-refractivity contribution in [3.63, 3.8) is 0 Å². The third kappa shape index (κ3) is 1.97. The lowest BCUT2D eigenvalue weighted by atomic mass is 9.91. The predicted octanol–water partition coefficient (Wildman–Crippen LogP) is 2.82. The summed E-state index contributed by atoms with van der Waals surface area (Å²) in [5.74, 6) is 1.62. The lowest BCUT2D eigenvalue weighted by Gasteiger charge is -2.32. The zero-order valence-corrected chi connectivity index (χ0v) is 13.5. The number of aromatic nitrogens is 2. The second-order valence-electron chi connectivity index (χ2n) is 7.16. The highest BCUT2D eigenvalue weighted by Gasteiger charge is 2.41. The van der Waals surface area contributed by atoms with E-state index >= 15 is 0 Å². The molecule has 24 heavy (non-hydrogen) atoms. The first kappa shape index (κ1) is 14.0. The normalized spacial score (nSPS) is 23.9. The van der Waals surface area contributed by atoms with Gasteiger partial charge in [0.05, 0.1) is 11.4 Å². The van der Waals surface area contributed by atoms with E-state index in [0.717, 1.165) is 30.3 Å². The number of nitrogens with zero attached hydrogens (tertiary/aromatic N) is 3. The van der Waals surface area contributed by atoms with Crippen LogP contribution in [0.3, 0.4) is 0 Å². The highest BCUT2D eigenvalue weighted by Crippen LogP contribution is 2.55. The molecule has 5 nitrogen and oxygen atoms in total. The van der Waals surface area contributed by atoms with Crippen LogP contribution in [0, 0.1) is 0 Å². The van der Waals surface area contributed by atoms with Crippen LogP contribution >= 0.6 is 0 Å². The summed E-state index contributed by atoms with van der Waals surface area (Å²) >= 11 is 0. The summed E-state index contributed by atoms with van der Waals surface area (Å²) in [6, 6.07) is 7.55. The first-order valence-electron chi connectivity index (χ1n) is 8.77. The Hall–Kier alpha value is -2.43. The van der Waals surface area contributed by atoms with Gasteiger partial charge in [-0.25, -0.2) is 9.97 Å². The van der Waals surface area contributed by atoms with E-state index in [9.17, 15) is 4.79 Å². The van der Waals surface area contributed by atoms with E-state index in [2.05, 4.69) is 4.90 Å². The topological polar surface area (TPSA) is 72.1 Å². The van der Waals surface area contributed by atoms with E-state index in [-0.39, 0.29) is 0 Å². The minimum absolute atomic E-state index is 0.396. The number of anilines is 1. The van der Waals surface area contributed by atoms with Gasteiger partial charge in [-0.2, -0.15) is 0 Å². The van der Waals surface area contributed by atoms with Crippen LogP contribution in [-0.4, -0.2) is 29.0 Å². The molecule has 2 bridgehead atoms. The Balaban J connectivity index is 1.70. The fraction of sp³-hybridized carbons (Fsp3) is 0.421. The van der Waals surface area contributed by atoms with Crippen molar-refractivity contribution in [3.05, 3.63) is 41.1 Å². The molecule has 1 saturated carbocycles. The third-order valence-electron chi connectivity index (χ3n) is 5.75. The van der Waals surface area contributed by atoms with Crippen LogP contribution in [0.15, 0.2) is 24.3 Å². The van der Waals surface area contributed by atoms with Crippen LogP contribution in [0.5, 0.6) is 0 Å². The molecule has 2 aliphatic carbocycles. The van der Waals surface area contributed by atoms with Gasteiger partial charge in [0.1, 0.15) is 0 Å². The average molecular weight is 320 g/mol. The molecule has 2 atom stereocenters. The Morgan fingerprint density at radius 3 is 2.75 bits per heavy atom. The van der Waals surface area contributed by atoms with Crippen molar-refractivity contribution >= 4 is 11.9 Å². The average Bonchev–Trinajstić information content (AvgIpc) is 3.14. The monoisotopic (exact) mass is 320 g/mol. The number of carbonyl (C=O) groups excluding carboxylic acids is 1. The van der Waals surface area contributed by atoms with Crippen molar-refractivity contribution in [2.75, 3.05) is 18.0 Å². The molecule has 3 aliphatic rings. The van der Waals surface area contributed by atoms with Crippen molar-refractivity contribution in [3.8, 4) is 11.3 Å². The maximum atomic E-state index is 11.6. The number of carbonyl (C=O) groups is 1. The number of benzene rings is 1. The predicted molar refractivity (Wildman–Crippen MR) is 92.1 cm³/mol. The van der Waals surface area contributed by atoms with Crippen molar-refractivity contribution in [1.82, 2.24) is 9.97 Å². The molecule has 2 aromatic rings. The van der Waals surface area contributed by atoms with Gasteiger partial charge in [0.2, 0.25) is 11.9 Å². The molecule has 2 unspecified atom stereocenters. The standard InChI is InChI=1S/C19H20N4O/c20-18(24)14-4-1-3-12(10-14)16-15-11-5-6-13(9-11)17(15)22-19(21-16)23-7-2-8-23/h1,3-4,10-11,13H,2,5-9H2,(H2,20,24). The Morgan fingerprint density at radius 1 is 1.17 bits per heavy atom. The molecule has 1 aromatic heterocycles. The third-order valence-corrected chi connectivity index (χ3v) is 5.75. The Kier molecular flexibility index (Phi) is 2.93. The first-order valence-corrected chi connectivity index (χ1v) is 8.77. The van der Waals surface area contributed by atoms with Crippen molar-refractivity contribution in [2.45, 2.75) is 37.5 Å². The minimum atomic E-state index is -0.396. The molecule has 1 saturated heterocycles. The summed E-state index contributed by atoms with van der Waals surface area (Å²) in [5, 5.41) is 0. The maximum absolute atomic E-state index is 11.6. The zero-order valence-electron chi connectivity index (χ0n) is 13.5. The summed E-state index contributed by atoms with van der Waals surface area (Å²) in [6.07, 6.45) is 4.89. The summed E-state index contributed by atoms with van der Waals surface area (Å²) in [5.41, 5.74) is 10.6. The van der Waals surface area contributed by atoms with Gasteiger partial charge in [-0.3, -0.25) is 4.79 Å². The molecule has 2 fully saturated rings. The number of primary amides is 1. The van der Waals surface area contributed by atoms with E-state index in [1.54, 1.807) is 6.07 Å². The first-order chi connectivity index (χ1) is 11.7. The van der Waals surface area contributed by atoms with Gasteiger partial charge >= 0.3 is 0 Å². The van der Waals surface area contributed by atoms with Gasteiger partial charge in [0.15, 0.2) is 0 Å². The summed E-state index contributed by atoms with van der Waals surface area (Å²) < 4.78 is 0. The number of fused-ring (bicyclic) bond motifs is 5. The van der Waals surface area contributed by atoms with Crippen LogP contribution in [0.25, 0.3) is 11.3 Å². The summed E-state index contributed by atoms with van der Waals surface area (Å²) in [7, 11) is 0. The SMILES string of the molecule is NC(=O)c1cccc(-c2nc(N3CCC3)nc3c2C2CCC3C2)c1. The number of hydrogen-bond acceptors (Lipinski definition) is 4. The molecule has 1 amide bonds. The largest absolute Gasteiger partial charge is 0.366 e. The lowest BCUT2D eigenvalue weighted by molar-refractivity contribution is 0.100. The van der Waals surface area contributed by atoms with E-state index < -0.39 is 5.91 Å². The van der Waals surface area contributed by atoms with Crippen LogP contribution in [0.4, 0.5) is 5.95 Å². The highest BCUT2D eigenvalue weighted by molar-refractivity contribution is 5.94. The fourth-order valence-corrected chi connectivity index (χ4v) is 4.38. The molecule has 1 aromatic carbocycles. The van der Waals surface area contributed by atoms with Gasteiger partial charge in [-0.05, 0) is 43.7 Å². The number of amides is 1. The van der Waals surface area contributed by atoms with E-state index in [1.807, 2.05) is 18.2 Å². The number of nitrogens with two attached hydrogens (primary N) is 1. The Morgan fingerprint density at radius 2 is 2.00 bits per heavy atom. The van der Waals surface area contributed by atoms with Crippen molar-refractivity contribution < 1.29 is 4.79 Å². The van der Waals surface area contributed by atoms with Crippen LogP contribution in [0.1, 0.15) is 59.1 Å². The second-order valence-corrected chi connectivity index (χ2v) is 7.16. The van der Waals surface area contributed by atoms with Gasteiger partial charge in [-0.1, -0.05) is 12.1 Å².